The number of rotatable bonds is 3. The third kappa shape index (κ3) is 3.28. The van der Waals surface area contributed by atoms with E-state index in [-0.39, 0.29) is 5.69 Å². The second kappa shape index (κ2) is 6.77. The number of aromatic nitrogens is 3. The molecule has 1 N–H and O–H groups in total. The van der Waals surface area contributed by atoms with Crippen molar-refractivity contribution in [2.75, 3.05) is 5.32 Å². The molecule has 2 heterocycles. The van der Waals surface area contributed by atoms with Crippen molar-refractivity contribution in [1.82, 2.24) is 15.0 Å². The van der Waals surface area contributed by atoms with Crippen LogP contribution >= 0.6 is 0 Å². The highest BCUT2D eigenvalue weighted by molar-refractivity contribution is 5.92. The Hall–Kier alpha value is -3.92. The van der Waals surface area contributed by atoms with Crippen LogP contribution in [-0.4, -0.2) is 15.0 Å². The number of nitrogens with zero attached hydrogens (tertiary/aromatic N) is 4. The third-order valence-corrected chi connectivity index (χ3v) is 3.92. The van der Waals surface area contributed by atoms with Gasteiger partial charge in [-0.1, -0.05) is 12.1 Å². The molecule has 130 valence electrons. The molecule has 2 aromatic heterocycles. The van der Waals surface area contributed by atoms with Gasteiger partial charge >= 0.3 is 0 Å². The number of nitrogens with one attached hydrogen (secondary N) is 1. The van der Waals surface area contributed by atoms with Crippen LogP contribution in [0.15, 0.2) is 60.8 Å². The Morgan fingerprint density at radius 1 is 0.926 bits per heavy atom. The Labute approximate surface area is 153 Å². The molecule has 0 aliphatic rings. The van der Waals surface area contributed by atoms with Crippen molar-refractivity contribution in [3.05, 3.63) is 78.1 Å². The first-order valence-corrected chi connectivity index (χ1v) is 7.99. The van der Waals surface area contributed by atoms with Crippen LogP contribution in [0.25, 0.3) is 22.3 Å². The first kappa shape index (κ1) is 16.5. The zero-order valence-corrected chi connectivity index (χ0v) is 13.8. The lowest BCUT2D eigenvalue weighted by molar-refractivity contribution is 0.509. The minimum absolute atomic E-state index is 0.249. The molecule has 0 fully saturated rings. The molecule has 0 saturated heterocycles. The molecular weight excluding hydrogens is 348 g/mol. The van der Waals surface area contributed by atoms with E-state index in [2.05, 4.69) is 20.3 Å². The molecule has 0 spiro atoms. The second-order valence-electron chi connectivity index (χ2n) is 5.71. The lowest BCUT2D eigenvalue weighted by Crippen LogP contribution is -2.00. The van der Waals surface area contributed by atoms with Gasteiger partial charge in [-0.3, -0.25) is 0 Å². The number of benzene rings is 2. The zero-order valence-electron chi connectivity index (χ0n) is 13.8. The van der Waals surface area contributed by atoms with Crippen molar-refractivity contribution in [2.45, 2.75) is 0 Å². The summed E-state index contributed by atoms with van der Waals surface area (Å²) in [6.07, 6.45) is 1.51. The van der Waals surface area contributed by atoms with Crippen molar-refractivity contribution < 1.29 is 8.78 Å². The van der Waals surface area contributed by atoms with Crippen LogP contribution in [0.4, 0.5) is 20.3 Å². The average Bonchev–Trinajstić information content (AvgIpc) is 2.70. The van der Waals surface area contributed by atoms with Gasteiger partial charge in [0.2, 0.25) is 0 Å². The van der Waals surface area contributed by atoms with Crippen molar-refractivity contribution in [3.63, 3.8) is 0 Å². The summed E-state index contributed by atoms with van der Waals surface area (Å²) in [5.41, 5.74) is 1.90. The van der Waals surface area contributed by atoms with Crippen LogP contribution in [0.5, 0.6) is 0 Å². The van der Waals surface area contributed by atoms with Crippen LogP contribution < -0.4 is 5.32 Å². The van der Waals surface area contributed by atoms with Crippen LogP contribution in [0, 0.1) is 23.0 Å². The highest BCUT2D eigenvalue weighted by atomic mass is 19.2. The number of hydrogen-bond acceptors (Lipinski definition) is 5. The monoisotopic (exact) mass is 359 g/mol. The minimum Gasteiger partial charge on any atom is -0.340 e. The Bertz CT molecular complexity index is 1200. The lowest BCUT2D eigenvalue weighted by Gasteiger charge is -2.11. The number of halogens is 2. The van der Waals surface area contributed by atoms with E-state index in [9.17, 15) is 8.78 Å². The number of fused-ring (bicyclic) bond motifs is 1. The minimum atomic E-state index is -0.952. The molecular formula is C20H11F2N5. The quantitative estimate of drug-likeness (QED) is 0.579. The van der Waals surface area contributed by atoms with Crippen molar-refractivity contribution >= 4 is 22.4 Å². The molecule has 4 aromatic rings. The van der Waals surface area contributed by atoms with E-state index < -0.39 is 11.6 Å². The SMILES string of the molecule is N#Cc1cc(-c2nc(Nc3ccc(F)c(F)c3)c3ccccc3n2)ccn1. The standard InChI is InChI=1S/C20H11F2N5/c21-16-6-5-13(10-17(16)22)25-20-15-3-1-2-4-18(15)26-19(27-20)12-7-8-24-14(9-12)11-23/h1-10H,(H,25,26,27). The van der Waals surface area contributed by atoms with E-state index in [0.717, 1.165) is 17.5 Å². The summed E-state index contributed by atoms with van der Waals surface area (Å²) in [4.78, 5) is 13.0. The predicted octanol–water partition coefficient (Wildman–Crippen LogP) is 4.59. The number of pyridine rings is 1. The zero-order chi connectivity index (χ0) is 18.8. The van der Waals surface area contributed by atoms with Crippen LogP contribution in [0.2, 0.25) is 0 Å². The maximum atomic E-state index is 13.5. The fourth-order valence-corrected chi connectivity index (χ4v) is 2.64. The fourth-order valence-electron chi connectivity index (χ4n) is 2.64. The molecule has 0 bridgehead atoms. The molecule has 0 radical (unpaired) electrons. The van der Waals surface area contributed by atoms with E-state index >= 15 is 0 Å². The average molecular weight is 359 g/mol. The van der Waals surface area contributed by atoms with Gasteiger partial charge < -0.3 is 5.32 Å². The Morgan fingerprint density at radius 2 is 1.78 bits per heavy atom. The molecule has 2 aromatic carbocycles. The fraction of sp³-hybridized carbons (Fsp3) is 0. The van der Waals surface area contributed by atoms with Crippen LogP contribution in [-0.2, 0) is 0 Å². The summed E-state index contributed by atoms with van der Waals surface area (Å²) >= 11 is 0. The second-order valence-corrected chi connectivity index (χ2v) is 5.71. The number of nitriles is 1. The normalized spacial score (nSPS) is 10.6. The van der Waals surface area contributed by atoms with Gasteiger partial charge in [0, 0.05) is 28.9 Å². The third-order valence-electron chi connectivity index (χ3n) is 3.92. The molecule has 0 atom stereocenters. The topological polar surface area (TPSA) is 74.5 Å². The molecule has 27 heavy (non-hydrogen) atoms. The van der Waals surface area contributed by atoms with Crippen molar-refractivity contribution in [2.24, 2.45) is 0 Å². The summed E-state index contributed by atoms with van der Waals surface area (Å²) in [7, 11) is 0. The largest absolute Gasteiger partial charge is 0.340 e. The van der Waals surface area contributed by atoms with Gasteiger partial charge in [0.1, 0.15) is 17.6 Å². The van der Waals surface area contributed by atoms with Gasteiger partial charge in [-0.05, 0) is 36.4 Å². The van der Waals surface area contributed by atoms with E-state index in [4.69, 9.17) is 5.26 Å². The van der Waals surface area contributed by atoms with Gasteiger partial charge in [-0.2, -0.15) is 5.26 Å². The Morgan fingerprint density at radius 3 is 2.59 bits per heavy atom. The van der Waals surface area contributed by atoms with Crippen molar-refractivity contribution in [3.8, 4) is 17.5 Å². The van der Waals surface area contributed by atoms with Gasteiger partial charge in [-0.15, -0.1) is 0 Å². The van der Waals surface area contributed by atoms with Crippen molar-refractivity contribution in [1.29, 1.82) is 5.26 Å². The first-order valence-electron chi connectivity index (χ1n) is 7.99. The molecule has 5 nitrogen and oxygen atoms in total. The summed E-state index contributed by atoms with van der Waals surface area (Å²) in [5.74, 6) is -1.05. The van der Waals surface area contributed by atoms with E-state index in [0.29, 0.717) is 28.4 Å². The molecule has 0 unspecified atom stereocenters. The van der Waals surface area contributed by atoms with Gasteiger partial charge in [0.25, 0.3) is 0 Å². The van der Waals surface area contributed by atoms with Gasteiger partial charge in [0.15, 0.2) is 17.5 Å². The number of para-hydroxylation sites is 1. The summed E-state index contributed by atoms with van der Waals surface area (Å²) in [5, 5.41) is 12.8. The van der Waals surface area contributed by atoms with Crippen LogP contribution in [0.1, 0.15) is 5.69 Å². The molecule has 0 aliphatic heterocycles. The van der Waals surface area contributed by atoms with E-state index in [1.807, 2.05) is 30.3 Å². The Kier molecular flexibility index (Phi) is 4.15. The van der Waals surface area contributed by atoms with E-state index in [1.165, 1.54) is 12.3 Å². The Balaban J connectivity index is 1.85. The molecule has 0 amide bonds. The molecule has 0 aliphatic carbocycles. The summed E-state index contributed by atoms with van der Waals surface area (Å²) < 4.78 is 26.7. The molecule has 7 heteroatoms. The predicted molar refractivity (Wildman–Crippen MR) is 97.1 cm³/mol. The number of hydrogen-bond donors (Lipinski definition) is 1. The van der Waals surface area contributed by atoms with Crippen LogP contribution in [0.3, 0.4) is 0 Å². The van der Waals surface area contributed by atoms with Gasteiger partial charge in [-0.25, -0.2) is 23.7 Å². The lowest BCUT2D eigenvalue weighted by atomic mass is 10.2. The highest BCUT2D eigenvalue weighted by Crippen LogP contribution is 2.27. The molecule has 4 rings (SSSR count). The molecule has 0 saturated carbocycles. The van der Waals surface area contributed by atoms with Gasteiger partial charge in [0.05, 0.1) is 5.52 Å². The number of anilines is 2. The summed E-state index contributed by atoms with van der Waals surface area (Å²) in [6, 6.07) is 16.1. The summed E-state index contributed by atoms with van der Waals surface area (Å²) in [6.45, 7) is 0. The smallest absolute Gasteiger partial charge is 0.162 e. The van der Waals surface area contributed by atoms with E-state index in [1.54, 1.807) is 12.1 Å². The first-order chi connectivity index (χ1) is 13.1. The maximum Gasteiger partial charge on any atom is 0.162 e. The maximum absolute atomic E-state index is 13.5. The highest BCUT2D eigenvalue weighted by Gasteiger charge is 2.11.